The lowest BCUT2D eigenvalue weighted by molar-refractivity contribution is -0.130. The second kappa shape index (κ2) is 5.14. The highest BCUT2D eigenvalue weighted by atomic mass is 16.3. The first-order chi connectivity index (χ1) is 5.54. The van der Waals surface area contributed by atoms with Gasteiger partial charge in [0.05, 0.1) is 0 Å². The molecule has 0 aromatic heterocycles. The van der Waals surface area contributed by atoms with E-state index in [0.717, 1.165) is 6.42 Å². The van der Waals surface area contributed by atoms with Crippen LogP contribution >= 0.6 is 0 Å². The Kier molecular flexibility index (Phi) is 4.90. The van der Waals surface area contributed by atoms with Crippen molar-refractivity contribution in [2.45, 2.75) is 33.6 Å². The van der Waals surface area contributed by atoms with Crippen molar-refractivity contribution in [2.24, 2.45) is 5.41 Å². The van der Waals surface area contributed by atoms with E-state index in [0.29, 0.717) is 13.0 Å². The standard InChI is InChI=1S/C9H19NO2/c1-4-6-10-8(12)9(2,3)5-7-11/h11H,4-7H2,1-3H3,(H,10,12). The fourth-order valence-electron chi connectivity index (χ4n) is 0.871. The summed E-state index contributed by atoms with van der Waals surface area (Å²) in [6.45, 7) is 6.47. The van der Waals surface area contributed by atoms with E-state index in [9.17, 15) is 4.79 Å². The monoisotopic (exact) mass is 173 g/mol. The largest absolute Gasteiger partial charge is 0.396 e. The van der Waals surface area contributed by atoms with Gasteiger partial charge in [-0.2, -0.15) is 0 Å². The van der Waals surface area contributed by atoms with Gasteiger partial charge in [0.1, 0.15) is 0 Å². The van der Waals surface area contributed by atoms with Crippen LogP contribution in [0.5, 0.6) is 0 Å². The van der Waals surface area contributed by atoms with Crippen molar-refractivity contribution in [2.75, 3.05) is 13.2 Å². The molecule has 0 unspecified atom stereocenters. The Morgan fingerprint density at radius 1 is 1.50 bits per heavy atom. The Balaban J connectivity index is 3.88. The summed E-state index contributed by atoms with van der Waals surface area (Å²) in [5, 5.41) is 11.5. The van der Waals surface area contributed by atoms with Crippen molar-refractivity contribution in [3.8, 4) is 0 Å². The van der Waals surface area contributed by atoms with E-state index in [2.05, 4.69) is 5.32 Å². The van der Waals surface area contributed by atoms with Gasteiger partial charge in [-0.1, -0.05) is 20.8 Å². The summed E-state index contributed by atoms with van der Waals surface area (Å²) in [5.41, 5.74) is -0.441. The molecular formula is C9H19NO2. The van der Waals surface area contributed by atoms with Crippen molar-refractivity contribution in [1.82, 2.24) is 5.32 Å². The molecule has 0 aromatic carbocycles. The zero-order chi connectivity index (χ0) is 9.61. The number of hydrogen-bond donors (Lipinski definition) is 2. The molecule has 0 bridgehead atoms. The first-order valence-corrected chi connectivity index (χ1v) is 4.43. The lowest BCUT2D eigenvalue weighted by Crippen LogP contribution is -2.37. The maximum Gasteiger partial charge on any atom is 0.225 e. The first kappa shape index (κ1) is 11.4. The van der Waals surface area contributed by atoms with Crippen molar-refractivity contribution >= 4 is 5.91 Å². The fraction of sp³-hybridized carbons (Fsp3) is 0.889. The highest BCUT2D eigenvalue weighted by Crippen LogP contribution is 2.19. The SMILES string of the molecule is CCCNC(=O)C(C)(C)CCO. The van der Waals surface area contributed by atoms with E-state index in [1.165, 1.54) is 0 Å². The summed E-state index contributed by atoms with van der Waals surface area (Å²) in [5.74, 6) is 0.0263. The molecule has 0 fully saturated rings. The van der Waals surface area contributed by atoms with E-state index >= 15 is 0 Å². The van der Waals surface area contributed by atoms with Crippen LogP contribution in [0.25, 0.3) is 0 Å². The van der Waals surface area contributed by atoms with E-state index in [-0.39, 0.29) is 12.5 Å². The minimum absolute atomic E-state index is 0.0263. The fourth-order valence-corrected chi connectivity index (χ4v) is 0.871. The van der Waals surface area contributed by atoms with Gasteiger partial charge in [0.15, 0.2) is 0 Å². The maximum atomic E-state index is 11.4. The van der Waals surface area contributed by atoms with Crippen molar-refractivity contribution < 1.29 is 9.90 Å². The van der Waals surface area contributed by atoms with Crippen LogP contribution in [0.1, 0.15) is 33.6 Å². The molecule has 0 aromatic rings. The third-order valence-electron chi connectivity index (χ3n) is 1.89. The number of rotatable bonds is 5. The molecule has 0 aliphatic carbocycles. The molecule has 2 N–H and O–H groups in total. The molecule has 1 amide bonds. The molecule has 3 heteroatoms. The predicted octanol–water partition coefficient (Wildman–Crippen LogP) is 0.921. The summed E-state index contributed by atoms with van der Waals surface area (Å²) >= 11 is 0. The van der Waals surface area contributed by atoms with Crippen LogP contribution in [0.2, 0.25) is 0 Å². The molecule has 0 aliphatic rings. The van der Waals surface area contributed by atoms with E-state index < -0.39 is 5.41 Å². The van der Waals surface area contributed by atoms with Crippen LogP contribution in [0.3, 0.4) is 0 Å². The van der Waals surface area contributed by atoms with Gasteiger partial charge in [-0.15, -0.1) is 0 Å². The van der Waals surface area contributed by atoms with Crippen LogP contribution < -0.4 is 5.32 Å². The minimum atomic E-state index is -0.441. The number of amides is 1. The number of hydrogen-bond acceptors (Lipinski definition) is 2. The van der Waals surface area contributed by atoms with E-state index in [4.69, 9.17) is 5.11 Å². The quantitative estimate of drug-likeness (QED) is 0.649. The second-order valence-electron chi connectivity index (χ2n) is 3.61. The van der Waals surface area contributed by atoms with Crippen LogP contribution in [-0.4, -0.2) is 24.2 Å². The van der Waals surface area contributed by atoms with Crippen LogP contribution in [0.15, 0.2) is 0 Å². The van der Waals surface area contributed by atoms with Gasteiger partial charge in [-0.25, -0.2) is 0 Å². The lowest BCUT2D eigenvalue weighted by Gasteiger charge is -2.22. The van der Waals surface area contributed by atoms with E-state index in [1.807, 2.05) is 20.8 Å². The molecule has 0 saturated carbocycles. The van der Waals surface area contributed by atoms with Gasteiger partial charge in [-0.3, -0.25) is 4.79 Å². The normalized spacial score (nSPS) is 11.3. The average Bonchev–Trinajstić information content (AvgIpc) is 2.00. The smallest absolute Gasteiger partial charge is 0.225 e. The average molecular weight is 173 g/mol. The second-order valence-corrected chi connectivity index (χ2v) is 3.61. The zero-order valence-electron chi connectivity index (χ0n) is 8.18. The molecule has 0 rings (SSSR count). The van der Waals surface area contributed by atoms with Gasteiger partial charge in [0, 0.05) is 18.6 Å². The van der Waals surface area contributed by atoms with Gasteiger partial charge < -0.3 is 10.4 Å². The number of nitrogens with one attached hydrogen (secondary N) is 1. The Bertz CT molecular complexity index is 143. The molecule has 3 nitrogen and oxygen atoms in total. The van der Waals surface area contributed by atoms with Gasteiger partial charge in [0.25, 0.3) is 0 Å². The first-order valence-electron chi connectivity index (χ1n) is 4.43. The number of aliphatic hydroxyl groups is 1. The summed E-state index contributed by atoms with van der Waals surface area (Å²) in [7, 11) is 0. The number of aliphatic hydroxyl groups excluding tert-OH is 1. The number of carbonyl (C=O) groups excluding carboxylic acids is 1. The highest BCUT2D eigenvalue weighted by Gasteiger charge is 2.25. The minimum Gasteiger partial charge on any atom is -0.396 e. The Hall–Kier alpha value is -0.570. The molecular weight excluding hydrogens is 154 g/mol. The molecule has 12 heavy (non-hydrogen) atoms. The molecule has 0 radical (unpaired) electrons. The Morgan fingerprint density at radius 2 is 2.08 bits per heavy atom. The zero-order valence-corrected chi connectivity index (χ0v) is 8.18. The highest BCUT2D eigenvalue weighted by molar-refractivity contribution is 5.81. The molecule has 72 valence electrons. The molecule has 0 heterocycles. The maximum absolute atomic E-state index is 11.4. The van der Waals surface area contributed by atoms with Gasteiger partial charge >= 0.3 is 0 Å². The van der Waals surface area contributed by atoms with Crippen molar-refractivity contribution in [3.63, 3.8) is 0 Å². The third kappa shape index (κ3) is 3.72. The third-order valence-corrected chi connectivity index (χ3v) is 1.89. The summed E-state index contributed by atoms with van der Waals surface area (Å²) in [6, 6.07) is 0. The predicted molar refractivity (Wildman–Crippen MR) is 48.8 cm³/mol. The summed E-state index contributed by atoms with van der Waals surface area (Å²) in [6.07, 6.45) is 1.46. The Morgan fingerprint density at radius 3 is 2.50 bits per heavy atom. The summed E-state index contributed by atoms with van der Waals surface area (Å²) < 4.78 is 0. The van der Waals surface area contributed by atoms with Crippen LogP contribution in [0.4, 0.5) is 0 Å². The lowest BCUT2D eigenvalue weighted by atomic mass is 9.89. The van der Waals surface area contributed by atoms with Crippen LogP contribution in [0, 0.1) is 5.41 Å². The molecule has 0 atom stereocenters. The Labute approximate surface area is 74.2 Å². The van der Waals surface area contributed by atoms with Crippen molar-refractivity contribution in [3.05, 3.63) is 0 Å². The topological polar surface area (TPSA) is 49.3 Å². The van der Waals surface area contributed by atoms with Crippen molar-refractivity contribution in [1.29, 1.82) is 0 Å². The van der Waals surface area contributed by atoms with Crippen LogP contribution in [-0.2, 0) is 4.79 Å². The molecule has 0 saturated heterocycles. The number of carbonyl (C=O) groups is 1. The van der Waals surface area contributed by atoms with E-state index in [1.54, 1.807) is 0 Å². The molecule has 0 spiro atoms. The van der Waals surface area contributed by atoms with Gasteiger partial charge in [0.2, 0.25) is 5.91 Å². The molecule has 0 aliphatic heterocycles. The van der Waals surface area contributed by atoms with Gasteiger partial charge in [-0.05, 0) is 12.8 Å². The summed E-state index contributed by atoms with van der Waals surface area (Å²) in [4.78, 5) is 11.4.